The fraction of sp³-hybridized carbons (Fsp3) is 0.385. The third-order valence-electron chi connectivity index (χ3n) is 3.55. The van der Waals surface area contributed by atoms with Crippen molar-refractivity contribution in [2.75, 3.05) is 31.1 Å². The maximum atomic E-state index is 11.4. The number of nitrogens with zero attached hydrogens (tertiary/aromatic N) is 3. The van der Waals surface area contributed by atoms with E-state index in [-0.39, 0.29) is 12.1 Å². The Bertz CT molecular complexity index is 569. The standard InChI is InChI=1S/C13H12ClN3O2/c14-12-5-10(2-1-9(12)6-15)16-3-4-17-11(7-16)8-19-13(17)18/h1-2,5,11H,3-4,7-8H2. The van der Waals surface area contributed by atoms with Crippen LogP contribution in [0.1, 0.15) is 5.56 Å². The lowest BCUT2D eigenvalue weighted by molar-refractivity contribution is 0.157. The molecule has 2 aliphatic heterocycles. The smallest absolute Gasteiger partial charge is 0.410 e. The van der Waals surface area contributed by atoms with Crippen LogP contribution in [0.4, 0.5) is 10.5 Å². The molecule has 1 unspecified atom stereocenters. The van der Waals surface area contributed by atoms with Crippen LogP contribution >= 0.6 is 11.6 Å². The Morgan fingerprint density at radius 3 is 3.00 bits per heavy atom. The quantitative estimate of drug-likeness (QED) is 0.786. The van der Waals surface area contributed by atoms with Gasteiger partial charge in [0.25, 0.3) is 0 Å². The number of rotatable bonds is 1. The molecule has 98 valence electrons. The van der Waals surface area contributed by atoms with E-state index in [1.165, 1.54) is 0 Å². The number of hydrogen-bond acceptors (Lipinski definition) is 4. The van der Waals surface area contributed by atoms with Crippen molar-refractivity contribution in [1.82, 2.24) is 4.90 Å². The first-order valence-electron chi connectivity index (χ1n) is 6.07. The number of nitriles is 1. The number of ether oxygens (including phenoxy) is 1. The molecule has 2 aliphatic rings. The van der Waals surface area contributed by atoms with Gasteiger partial charge in [-0.1, -0.05) is 11.6 Å². The molecule has 0 radical (unpaired) electrons. The van der Waals surface area contributed by atoms with Crippen molar-refractivity contribution in [3.8, 4) is 6.07 Å². The average Bonchev–Trinajstić information content (AvgIpc) is 2.80. The number of benzene rings is 1. The van der Waals surface area contributed by atoms with Crippen molar-refractivity contribution < 1.29 is 9.53 Å². The highest BCUT2D eigenvalue weighted by atomic mass is 35.5. The molecule has 3 rings (SSSR count). The number of carbonyl (C=O) groups is 1. The minimum atomic E-state index is -0.220. The minimum Gasteiger partial charge on any atom is -0.447 e. The predicted octanol–water partition coefficient (Wildman–Crippen LogP) is 1.85. The summed E-state index contributed by atoms with van der Waals surface area (Å²) in [6.45, 7) is 2.57. The molecule has 0 aliphatic carbocycles. The van der Waals surface area contributed by atoms with E-state index in [2.05, 4.69) is 4.90 Å². The van der Waals surface area contributed by atoms with Gasteiger partial charge in [-0.15, -0.1) is 0 Å². The molecule has 2 fully saturated rings. The van der Waals surface area contributed by atoms with E-state index in [0.717, 1.165) is 18.8 Å². The molecule has 1 amide bonds. The van der Waals surface area contributed by atoms with E-state index < -0.39 is 0 Å². The molecule has 2 saturated heterocycles. The maximum Gasteiger partial charge on any atom is 0.410 e. The van der Waals surface area contributed by atoms with E-state index in [9.17, 15) is 4.79 Å². The molecule has 1 aromatic carbocycles. The number of carbonyl (C=O) groups excluding carboxylic acids is 1. The highest BCUT2D eigenvalue weighted by molar-refractivity contribution is 6.32. The van der Waals surface area contributed by atoms with Gasteiger partial charge < -0.3 is 9.64 Å². The van der Waals surface area contributed by atoms with Crippen LogP contribution in [0.25, 0.3) is 0 Å². The molecule has 0 N–H and O–H groups in total. The van der Waals surface area contributed by atoms with Gasteiger partial charge in [0, 0.05) is 25.3 Å². The second-order valence-corrected chi connectivity index (χ2v) is 5.05. The zero-order valence-corrected chi connectivity index (χ0v) is 10.9. The summed E-state index contributed by atoms with van der Waals surface area (Å²) in [6, 6.07) is 7.56. The number of amides is 1. The Labute approximate surface area is 115 Å². The summed E-state index contributed by atoms with van der Waals surface area (Å²) in [5.41, 5.74) is 1.45. The normalized spacial score (nSPS) is 21.9. The molecule has 0 saturated carbocycles. The molecule has 5 nitrogen and oxygen atoms in total. The topological polar surface area (TPSA) is 56.6 Å². The fourth-order valence-corrected chi connectivity index (χ4v) is 2.73. The van der Waals surface area contributed by atoms with Crippen LogP contribution < -0.4 is 4.90 Å². The van der Waals surface area contributed by atoms with Crippen molar-refractivity contribution in [2.24, 2.45) is 0 Å². The van der Waals surface area contributed by atoms with Crippen molar-refractivity contribution in [2.45, 2.75) is 6.04 Å². The van der Waals surface area contributed by atoms with Crippen LogP contribution in [0.3, 0.4) is 0 Å². The van der Waals surface area contributed by atoms with Crippen molar-refractivity contribution >= 4 is 23.4 Å². The number of fused-ring (bicyclic) bond motifs is 1. The molecule has 0 bridgehead atoms. The van der Waals surface area contributed by atoms with Gasteiger partial charge in [0.05, 0.1) is 16.6 Å². The first-order valence-corrected chi connectivity index (χ1v) is 6.45. The Morgan fingerprint density at radius 1 is 1.42 bits per heavy atom. The Morgan fingerprint density at radius 2 is 2.26 bits per heavy atom. The van der Waals surface area contributed by atoms with Gasteiger partial charge in [0.1, 0.15) is 12.7 Å². The lowest BCUT2D eigenvalue weighted by Gasteiger charge is -2.36. The molecule has 1 atom stereocenters. The first-order chi connectivity index (χ1) is 9.19. The minimum absolute atomic E-state index is 0.107. The van der Waals surface area contributed by atoms with Gasteiger partial charge in [0.2, 0.25) is 0 Å². The third-order valence-corrected chi connectivity index (χ3v) is 3.87. The summed E-state index contributed by atoms with van der Waals surface area (Å²) < 4.78 is 5.04. The number of piperazine rings is 1. The molecule has 1 aromatic rings. The summed E-state index contributed by atoms with van der Waals surface area (Å²) in [5.74, 6) is 0. The van der Waals surface area contributed by atoms with E-state index in [1.807, 2.05) is 12.1 Å². The molecule has 6 heteroatoms. The van der Waals surface area contributed by atoms with Gasteiger partial charge in [-0.05, 0) is 18.2 Å². The molecular formula is C13H12ClN3O2. The fourth-order valence-electron chi connectivity index (χ4n) is 2.51. The Hall–Kier alpha value is -1.93. The van der Waals surface area contributed by atoms with Crippen LogP contribution in [0.15, 0.2) is 18.2 Å². The van der Waals surface area contributed by atoms with Crippen molar-refractivity contribution in [3.05, 3.63) is 28.8 Å². The summed E-state index contributed by atoms with van der Waals surface area (Å²) in [7, 11) is 0. The van der Waals surface area contributed by atoms with Crippen LogP contribution in [-0.2, 0) is 4.74 Å². The van der Waals surface area contributed by atoms with Crippen molar-refractivity contribution in [3.63, 3.8) is 0 Å². The predicted molar refractivity (Wildman–Crippen MR) is 70.2 cm³/mol. The number of cyclic esters (lactones) is 1. The van der Waals surface area contributed by atoms with Crippen LogP contribution in [0.2, 0.25) is 5.02 Å². The summed E-state index contributed by atoms with van der Waals surface area (Å²) >= 11 is 6.04. The maximum absolute atomic E-state index is 11.4. The SMILES string of the molecule is N#Cc1ccc(N2CCN3C(=O)OCC3C2)cc1Cl. The number of halogens is 1. The van der Waals surface area contributed by atoms with Gasteiger partial charge in [0.15, 0.2) is 0 Å². The largest absolute Gasteiger partial charge is 0.447 e. The van der Waals surface area contributed by atoms with Gasteiger partial charge in [-0.25, -0.2) is 4.79 Å². The van der Waals surface area contributed by atoms with E-state index >= 15 is 0 Å². The lowest BCUT2D eigenvalue weighted by atomic mass is 10.1. The molecular weight excluding hydrogens is 266 g/mol. The molecule has 19 heavy (non-hydrogen) atoms. The first kappa shape index (κ1) is 12.1. The van der Waals surface area contributed by atoms with Crippen LogP contribution in [0, 0.1) is 11.3 Å². The van der Waals surface area contributed by atoms with Gasteiger partial charge in [-0.2, -0.15) is 5.26 Å². The summed E-state index contributed by atoms with van der Waals surface area (Å²) in [4.78, 5) is 15.3. The highest BCUT2D eigenvalue weighted by Crippen LogP contribution is 2.26. The second-order valence-electron chi connectivity index (χ2n) is 4.65. The highest BCUT2D eigenvalue weighted by Gasteiger charge is 2.37. The lowest BCUT2D eigenvalue weighted by Crippen LogP contribution is -2.52. The van der Waals surface area contributed by atoms with Gasteiger partial charge >= 0.3 is 6.09 Å². The Balaban J connectivity index is 1.79. The number of hydrogen-bond donors (Lipinski definition) is 0. The van der Waals surface area contributed by atoms with E-state index in [4.69, 9.17) is 21.6 Å². The third kappa shape index (κ3) is 2.08. The zero-order chi connectivity index (χ0) is 13.4. The van der Waals surface area contributed by atoms with Crippen LogP contribution in [-0.4, -0.2) is 43.3 Å². The summed E-state index contributed by atoms with van der Waals surface area (Å²) in [5, 5.41) is 9.32. The monoisotopic (exact) mass is 277 g/mol. The zero-order valence-electron chi connectivity index (χ0n) is 10.2. The van der Waals surface area contributed by atoms with Gasteiger partial charge in [-0.3, -0.25) is 4.90 Å². The van der Waals surface area contributed by atoms with E-state index in [0.29, 0.717) is 23.7 Å². The molecule has 0 aromatic heterocycles. The van der Waals surface area contributed by atoms with Crippen molar-refractivity contribution in [1.29, 1.82) is 5.26 Å². The summed E-state index contributed by atoms with van der Waals surface area (Å²) in [6.07, 6.45) is -0.220. The number of anilines is 1. The second kappa shape index (κ2) is 4.63. The molecule has 0 spiro atoms. The van der Waals surface area contributed by atoms with E-state index in [1.54, 1.807) is 17.0 Å². The van der Waals surface area contributed by atoms with Crippen LogP contribution in [0.5, 0.6) is 0 Å². The molecule has 2 heterocycles. The Kier molecular flexibility index (Phi) is 2.96. The average molecular weight is 278 g/mol.